The van der Waals surface area contributed by atoms with Gasteiger partial charge in [-0.05, 0) is 30.5 Å². The number of hydrogen-bond donors (Lipinski definition) is 2. The maximum absolute atomic E-state index is 14.6. The van der Waals surface area contributed by atoms with Gasteiger partial charge in [-0.2, -0.15) is 0 Å². The lowest BCUT2D eigenvalue weighted by Gasteiger charge is -2.35. The lowest BCUT2D eigenvalue weighted by molar-refractivity contribution is -0.161. The van der Waals surface area contributed by atoms with Gasteiger partial charge >= 0.3 is 5.97 Å². The normalized spacial score (nSPS) is 32.6. The van der Waals surface area contributed by atoms with Crippen molar-refractivity contribution in [1.29, 1.82) is 0 Å². The van der Waals surface area contributed by atoms with Gasteiger partial charge < -0.3 is 29.7 Å². The second-order valence-electron chi connectivity index (χ2n) is 11.9. The highest BCUT2D eigenvalue weighted by molar-refractivity contribution is 9.11. The number of rotatable bonds is 5. The van der Waals surface area contributed by atoms with Crippen LogP contribution in [0.2, 0.25) is 0 Å². The van der Waals surface area contributed by atoms with Crippen molar-refractivity contribution in [3.8, 4) is 0 Å². The molecule has 0 radical (unpaired) electrons. The van der Waals surface area contributed by atoms with E-state index >= 15 is 0 Å². The number of halogens is 1. The molecule has 10 nitrogen and oxygen atoms in total. The first-order valence-corrected chi connectivity index (χ1v) is 16.0. The van der Waals surface area contributed by atoms with Gasteiger partial charge in [0.25, 0.3) is 0 Å². The number of esters is 1. The number of nitrogens with one attached hydrogen (secondary N) is 1. The van der Waals surface area contributed by atoms with Crippen LogP contribution in [0.5, 0.6) is 0 Å². The molecule has 7 atom stereocenters. The molecule has 0 aromatic heterocycles. The minimum Gasteiger partial charge on any atom is -0.455 e. The number of aliphatic hydroxyl groups is 1. The third-order valence-electron chi connectivity index (χ3n) is 9.05. The van der Waals surface area contributed by atoms with Crippen LogP contribution in [-0.4, -0.2) is 82.1 Å². The van der Waals surface area contributed by atoms with Gasteiger partial charge in [0.15, 0.2) is 0 Å². The number of benzene rings is 2. The van der Waals surface area contributed by atoms with E-state index in [2.05, 4.69) is 21.2 Å². The highest BCUT2D eigenvalue weighted by Gasteiger charge is 2.75. The van der Waals surface area contributed by atoms with E-state index in [0.717, 1.165) is 5.56 Å². The van der Waals surface area contributed by atoms with Crippen LogP contribution in [0.3, 0.4) is 0 Å². The van der Waals surface area contributed by atoms with E-state index in [4.69, 9.17) is 9.47 Å². The molecule has 4 aliphatic heterocycles. The minimum atomic E-state index is -1.44. The van der Waals surface area contributed by atoms with Crippen molar-refractivity contribution in [3.63, 3.8) is 0 Å². The average Bonchev–Trinajstić information content (AvgIpc) is 3.62. The summed E-state index contributed by atoms with van der Waals surface area (Å²) in [5.41, 5.74) is 0.145. The molecule has 2 N–H and O–H groups in total. The van der Waals surface area contributed by atoms with Crippen molar-refractivity contribution in [2.45, 2.75) is 56.2 Å². The molecule has 45 heavy (non-hydrogen) atoms. The molecule has 0 aliphatic carbocycles. The van der Waals surface area contributed by atoms with Crippen molar-refractivity contribution in [2.24, 2.45) is 11.8 Å². The van der Waals surface area contributed by atoms with Crippen LogP contribution in [-0.2, 0) is 35.2 Å². The minimum absolute atomic E-state index is 0.0978. The second-order valence-corrected chi connectivity index (χ2v) is 12.8. The number of likely N-dealkylation sites (tertiary alicyclic amines) is 1. The number of allylic oxidation sites excluding steroid dienone is 1. The third kappa shape index (κ3) is 5.73. The van der Waals surface area contributed by atoms with E-state index < -0.39 is 53.6 Å². The van der Waals surface area contributed by atoms with E-state index in [9.17, 15) is 24.3 Å². The smallest absolute Gasteiger partial charge is 0.313 e. The van der Waals surface area contributed by atoms with Crippen molar-refractivity contribution in [1.82, 2.24) is 15.1 Å². The van der Waals surface area contributed by atoms with Crippen LogP contribution in [0.15, 0.2) is 83.4 Å². The second kappa shape index (κ2) is 12.9. The standard InChI is InChI=1S/C34H36BrN3O7/c1-21-28(23-13-7-3-8-14-23)44-33(43)26-27-31(41)38(17-18-39)30(34(27)19-24(35)29(26)45-34)32(42)37(20-22-11-5-2-6-12-22)16-10-4-9-15-25(40)36-21/h2-8,10-14,19,21,26-30,39H,9,15-18,20H2,1H3,(H,36,40)/b10-4-/t21-,26+,27-,28+,29+,30+,34-/m0/s1. The topological polar surface area (TPSA) is 125 Å². The van der Waals surface area contributed by atoms with Gasteiger partial charge in [0.1, 0.15) is 29.8 Å². The van der Waals surface area contributed by atoms with Gasteiger partial charge in [0.05, 0.1) is 18.6 Å². The summed E-state index contributed by atoms with van der Waals surface area (Å²) < 4.78 is 13.2. The van der Waals surface area contributed by atoms with Gasteiger partial charge in [-0.15, -0.1) is 0 Å². The third-order valence-corrected chi connectivity index (χ3v) is 9.73. The van der Waals surface area contributed by atoms with E-state index in [1.807, 2.05) is 72.8 Å². The van der Waals surface area contributed by atoms with Gasteiger partial charge in [-0.25, -0.2) is 0 Å². The number of fused-ring (bicyclic) bond motifs is 2. The van der Waals surface area contributed by atoms with Crippen molar-refractivity contribution in [3.05, 3.63) is 94.5 Å². The maximum atomic E-state index is 14.6. The van der Waals surface area contributed by atoms with Crippen molar-refractivity contribution < 1.29 is 33.8 Å². The van der Waals surface area contributed by atoms with Gasteiger partial charge in [0, 0.05) is 30.5 Å². The highest BCUT2D eigenvalue weighted by atomic mass is 79.9. The van der Waals surface area contributed by atoms with E-state index in [1.54, 1.807) is 17.9 Å². The Morgan fingerprint density at radius 2 is 1.69 bits per heavy atom. The first-order chi connectivity index (χ1) is 21.7. The Bertz CT molecular complexity index is 1520. The Morgan fingerprint density at radius 3 is 2.40 bits per heavy atom. The van der Waals surface area contributed by atoms with Crippen molar-refractivity contribution >= 4 is 39.6 Å². The predicted molar refractivity (Wildman–Crippen MR) is 167 cm³/mol. The summed E-state index contributed by atoms with van der Waals surface area (Å²) in [5, 5.41) is 13.0. The summed E-state index contributed by atoms with van der Waals surface area (Å²) in [6, 6.07) is 17.0. The summed E-state index contributed by atoms with van der Waals surface area (Å²) >= 11 is 3.56. The fourth-order valence-corrected chi connectivity index (χ4v) is 7.80. The molecule has 2 aromatic rings. The number of ether oxygens (including phenoxy) is 2. The summed E-state index contributed by atoms with van der Waals surface area (Å²) in [6.07, 6.45) is 4.43. The zero-order valence-corrected chi connectivity index (χ0v) is 26.5. The monoisotopic (exact) mass is 677 g/mol. The number of amides is 3. The molecule has 2 saturated heterocycles. The fourth-order valence-electron chi connectivity index (χ4n) is 7.06. The summed E-state index contributed by atoms with van der Waals surface area (Å²) in [6.45, 7) is 1.80. The zero-order valence-electron chi connectivity index (χ0n) is 24.9. The summed E-state index contributed by atoms with van der Waals surface area (Å²) in [5.74, 6) is -3.77. The Morgan fingerprint density at radius 1 is 0.978 bits per heavy atom. The Balaban J connectivity index is 1.43. The predicted octanol–water partition coefficient (Wildman–Crippen LogP) is 3.02. The van der Waals surface area contributed by atoms with Crippen LogP contribution in [0, 0.1) is 11.8 Å². The van der Waals surface area contributed by atoms with Gasteiger partial charge in [-0.3, -0.25) is 19.2 Å². The van der Waals surface area contributed by atoms with Crippen LogP contribution in [0.1, 0.15) is 37.0 Å². The molecule has 236 valence electrons. The molecule has 11 heteroatoms. The van der Waals surface area contributed by atoms with Gasteiger partial charge in [-0.1, -0.05) is 88.7 Å². The van der Waals surface area contributed by atoms with Crippen LogP contribution >= 0.6 is 15.9 Å². The molecule has 4 aliphatic rings. The SMILES string of the molecule is C[C@@H]1NC(=O)CC/C=C\CN(Cc2ccccc2)C(=O)[C@H]2N(CCO)C(=O)[C@@H]3[C@@H](C(=O)O[C@H]1c1ccccc1)[C@@H]1O[C@@]32C=C1Br. The first kappa shape index (κ1) is 31.2. The molecular weight excluding hydrogens is 642 g/mol. The van der Waals surface area contributed by atoms with E-state index in [-0.39, 0.29) is 44.5 Å². The highest BCUT2D eigenvalue weighted by Crippen LogP contribution is 2.59. The molecule has 2 fully saturated rings. The molecule has 3 amide bonds. The number of cyclic esters (lactones) is 1. The number of carbonyl (C=O) groups is 4. The van der Waals surface area contributed by atoms with Crippen LogP contribution in [0.25, 0.3) is 0 Å². The van der Waals surface area contributed by atoms with Gasteiger partial charge in [0.2, 0.25) is 17.7 Å². The molecule has 0 saturated carbocycles. The molecule has 1 spiro atoms. The molecule has 0 unspecified atom stereocenters. The molecular formula is C34H36BrN3O7. The van der Waals surface area contributed by atoms with Crippen LogP contribution < -0.4 is 5.32 Å². The number of aliphatic hydroxyl groups excluding tert-OH is 1. The van der Waals surface area contributed by atoms with E-state index in [1.165, 1.54) is 4.90 Å². The number of β-amino-alcohol motifs (C(OH)–C–C–N with tert-alkyl or cyclic N) is 1. The lowest BCUT2D eigenvalue weighted by atomic mass is 9.74. The van der Waals surface area contributed by atoms with Crippen LogP contribution in [0.4, 0.5) is 0 Å². The Kier molecular flexibility index (Phi) is 8.94. The molecule has 6 rings (SSSR count). The largest absolute Gasteiger partial charge is 0.455 e. The number of nitrogens with zero attached hydrogens (tertiary/aromatic N) is 2. The summed E-state index contributed by atoms with van der Waals surface area (Å²) in [7, 11) is 0. The van der Waals surface area contributed by atoms with Crippen molar-refractivity contribution in [2.75, 3.05) is 19.7 Å². The fraction of sp³-hybridized carbons (Fsp3) is 0.412. The Labute approximate surface area is 270 Å². The molecule has 5 bridgehead atoms. The number of hydrogen-bond acceptors (Lipinski definition) is 7. The lowest BCUT2D eigenvalue weighted by Crippen LogP contribution is -2.56. The van der Waals surface area contributed by atoms with E-state index in [0.29, 0.717) is 16.5 Å². The maximum Gasteiger partial charge on any atom is 0.313 e. The Hall–Kier alpha value is -3.80. The quantitative estimate of drug-likeness (QED) is 0.368. The number of carbonyl (C=O) groups excluding carboxylic acids is 4. The summed E-state index contributed by atoms with van der Waals surface area (Å²) in [4.78, 5) is 58.8. The molecule has 2 aromatic carbocycles. The average molecular weight is 679 g/mol. The molecule has 4 heterocycles. The first-order valence-electron chi connectivity index (χ1n) is 15.2. The zero-order chi connectivity index (χ0) is 31.7.